The van der Waals surface area contributed by atoms with Crippen LogP contribution in [-0.4, -0.2) is 14.5 Å². The van der Waals surface area contributed by atoms with Crippen molar-refractivity contribution in [3.05, 3.63) is 71.7 Å². The second-order valence-electron chi connectivity index (χ2n) is 6.54. The van der Waals surface area contributed by atoms with E-state index in [9.17, 15) is 5.11 Å². The zero-order valence-electron chi connectivity index (χ0n) is 13.9. The van der Waals surface area contributed by atoms with Gasteiger partial charge in [0.2, 0.25) is 0 Å². The topological polar surface area (TPSA) is 50.7 Å². The Labute approximate surface area is 150 Å². The predicted molar refractivity (Wildman–Crippen MR) is 98.6 cm³/mol. The molecule has 0 fully saturated rings. The molecule has 3 aromatic heterocycles. The van der Waals surface area contributed by atoms with Crippen molar-refractivity contribution >= 4 is 17.2 Å². The van der Waals surface area contributed by atoms with E-state index in [1.165, 1.54) is 0 Å². The van der Waals surface area contributed by atoms with Gasteiger partial charge in [0.05, 0.1) is 5.69 Å². The van der Waals surface area contributed by atoms with Crippen molar-refractivity contribution in [1.29, 1.82) is 0 Å². The minimum absolute atomic E-state index is 0.537. The van der Waals surface area contributed by atoms with Gasteiger partial charge in [0.15, 0.2) is 0 Å². The van der Waals surface area contributed by atoms with Crippen LogP contribution >= 0.6 is 11.6 Å². The molecule has 0 amide bonds. The average molecular weight is 353 g/mol. The normalized spacial score (nSPS) is 12.0. The summed E-state index contributed by atoms with van der Waals surface area (Å²) in [5, 5.41) is 10.8. The number of pyridine rings is 1. The van der Waals surface area contributed by atoms with E-state index in [0.29, 0.717) is 16.5 Å². The predicted octanol–water partition coefficient (Wildman–Crippen LogP) is 5.14. The number of benzene rings is 1. The lowest BCUT2D eigenvalue weighted by Crippen LogP contribution is -2.13. The van der Waals surface area contributed by atoms with Crippen LogP contribution in [0.4, 0.5) is 0 Å². The van der Waals surface area contributed by atoms with E-state index >= 15 is 0 Å². The number of hydrogen-bond donors (Lipinski definition) is 1. The Morgan fingerprint density at radius 1 is 0.960 bits per heavy atom. The Morgan fingerprint density at radius 2 is 1.68 bits per heavy atom. The van der Waals surface area contributed by atoms with Gasteiger partial charge in [0, 0.05) is 28.5 Å². The molecule has 0 aliphatic heterocycles. The molecule has 0 bridgehead atoms. The van der Waals surface area contributed by atoms with Gasteiger partial charge >= 0.3 is 0 Å². The van der Waals surface area contributed by atoms with Crippen molar-refractivity contribution in [2.45, 2.75) is 19.4 Å². The highest BCUT2D eigenvalue weighted by atomic mass is 35.5. The second-order valence-corrected chi connectivity index (χ2v) is 6.98. The van der Waals surface area contributed by atoms with Crippen LogP contribution in [-0.2, 0) is 5.60 Å². The number of aromatic nitrogens is 2. The lowest BCUT2D eigenvalue weighted by atomic mass is 10.1. The Morgan fingerprint density at radius 3 is 2.36 bits per heavy atom. The summed E-state index contributed by atoms with van der Waals surface area (Å²) in [6.07, 6.45) is 3.94. The van der Waals surface area contributed by atoms with Gasteiger partial charge in [-0.15, -0.1) is 0 Å². The lowest BCUT2D eigenvalue weighted by molar-refractivity contribution is 0.0548. The van der Waals surface area contributed by atoms with E-state index < -0.39 is 5.60 Å². The number of halogens is 1. The molecule has 3 heterocycles. The van der Waals surface area contributed by atoms with Crippen LogP contribution in [0.15, 0.2) is 65.3 Å². The molecule has 0 radical (unpaired) electrons. The number of aliphatic hydroxyl groups is 1. The van der Waals surface area contributed by atoms with Gasteiger partial charge in [0.1, 0.15) is 22.8 Å². The molecule has 126 valence electrons. The van der Waals surface area contributed by atoms with E-state index in [2.05, 4.69) is 4.98 Å². The van der Waals surface area contributed by atoms with E-state index in [1.54, 1.807) is 19.9 Å². The number of hydrogen-bond acceptors (Lipinski definition) is 3. The van der Waals surface area contributed by atoms with Gasteiger partial charge in [-0.05, 0) is 50.2 Å². The van der Waals surface area contributed by atoms with Crippen LogP contribution < -0.4 is 0 Å². The van der Waals surface area contributed by atoms with Gasteiger partial charge in [-0.1, -0.05) is 23.7 Å². The first-order valence-electron chi connectivity index (χ1n) is 7.98. The van der Waals surface area contributed by atoms with Crippen LogP contribution in [0.5, 0.6) is 0 Å². The zero-order valence-corrected chi connectivity index (χ0v) is 14.7. The van der Waals surface area contributed by atoms with Crippen LogP contribution in [0, 0.1) is 0 Å². The standard InChI is InChI=1S/C20H17ClN2O2/c1-20(2,24)18-9-8-17(25-18)14-5-10-19-22-16(12-23(19)11-14)13-3-6-15(21)7-4-13/h3-12,24H,1-2H3. The average Bonchev–Trinajstić information content (AvgIpc) is 3.21. The van der Waals surface area contributed by atoms with E-state index in [4.69, 9.17) is 16.0 Å². The fourth-order valence-electron chi connectivity index (χ4n) is 2.72. The molecular weight excluding hydrogens is 336 g/mol. The van der Waals surface area contributed by atoms with E-state index in [1.807, 2.05) is 59.3 Å². The molecule has 5 heteroatoms. The molecule has 4 rings (SSSR count). The zero-order chi connectivity index (χ0) is 17.6. The molecule has 0 saturated carbocycles. The fourth-order valence-corrected chi connectivity index (χ4v) is 2.85. The summed E-state index contributed by atoms with van der Waals surface area (Å²) in [5.41, 5.74) is 2.66. The molecule has 0 aliphatic carbocycles. The molecule has 0 saturated heterocycles. The molecule has 0 unspecified atom stereocenters. The SMILES string of the molecule is CC(C)(O)c1ccc(-c2ccc3nc(-c4ccc(Cl)cc4)cn3c2)o1. The van der Waals surface area contributed by atoms with Crippen LogP contribution in [0.3, 0.4) is 0 Å². The van der Waals surface area contributed by atoms with Crippen LogP contribution in [0.2, 0.25) is 5.02 Å². The molecule has 4 aromatic rings. The Bertz CT molecular complexity index is 1040. The van der Waals surface area contributed by atoms with Crippen molar-refractivity contribution in [1.82, 2.24) is 9.38 Å². The Kier molecular flexibility index (Phi) is 3.67. The van der Waals surface area contributed by atoms with Gasteiger partial charge in [0.25, 0.3) is 0 Å². The smallest absolute Gasteiger partial charge is 0.137 e. The highest BCUT2D eigenvalue weighted by Crippen LogP contribution is 2.29. The van der Waals surface area contributed by atoms with Crippen molar-refractivity contribution in [2.75, 3.05) is 0 Å². The summed E-state index contributed by atoms with van der Waals surface area (Å²) >= 11 is 5.95. The highest BCUT2D eigenvalue weighted by molar-refractivity contribution is 6.30. The van der Waals surface area contributed by atoms with Crippen LogP contribution in [0.25, 0.3) is 28.2 Å². The van der Waals surface area contributed by atoms with Gasteiger partial charge in [-0.3, -0.25) is 0 Å². The summed E-state index contributed by atoms with van der Waals surface area (Å²) in [4.78, 5) is 4.64. The summed E-state index contributed by atoms with van der Waals surface area (Å²) < 4.78 is 7.75. The van der Waals surface area contributed by atoms with Gasteiger partial charge in [-0.25, -0.2) is 4.98 Å². The number of furan rings is 1. The summed E-state index contributed by atoms with van der Waals surface area (Å²) in [5.74, 6) is 1.25. The number of fused-ring (bicyclic) bond motifs is 1. The fraction of sp³-hybridized carbons (Fsp3) is 0.150. The first-order chi connectivity index (χ1) is 11.9. The Balaban J connectivity index is 1.73. The quantitative estimate of drug-likeness (QED) is 0.555. The number of nitrogens with zero attached hydrogens (tertiary/aromatic N) is 2. The summed E-state index contributed by atoms with van der Waals surface area (Å²) in [7, 11) is 0. The maximum Gasteiger partial charge on any atom is 0.137 e. The van der Waals surface area contributed by atoms with E-state index in [-0.39, 0.29) is 0 Å². The van der Waals surface area contributed by atoms with Crippen molar-refractivity contribution in [3.63, 3.8) is 0 Å². The molecule has 1 aromatic carbocycles. The minimum Gasteiger partial charge on any atom is -0.458 e. The first kappa shape index (κ1) is 15.9. The molecule has 1 N–H and O–H groups in total. The second kappa shape index (κ2) is 5.76. The molecule has 0 aliphatic rings. The summed E-state index contributed by atoms with van der Waals surface area (Å²) in [6.45, 7) is 3.40. The maximum absolute atomic E-state index is 10.1. The van der Waals surface area contributed by atoms with E-state index in [0.717, 1.165) is 22.5 Å². The van der Waals surface area contributed by atoms with Crippen LogP contribution in [0.1, 0.15) is 19.6 Å². The maximum atomic E-state index is 10.1. The minimum atomic E-state index is -1.00. The largest absolute Gasteiger partial charge is 0.458 e. The summed E-state index contributed by atoms with van der Waals surface area (Å²) in [6, 6.07) is 15.2. The lowest BCUT2D eigenvalue weighted by Gasteiger charge is -2.13. The highest BCUT2D eigenvalue weighted by Gasteiger charge is 2.20. The van der Waals surface area contributed by atoms with Gasteiger partial charge < -0.3 is 13.9 Å². The van der Waals surface area contributed by atoms with Gasteiger partial charge in [-0.2, -0.15) is 0 Å². The molecule has 0 atom stereocenters. The molecule has 25 heavy (non-hydrogen) atoms. The molecule has 0 spiro atoms. The third-order valence-electron chi connectivity index (χ3n) is 4.08. The first-order valence-corrected chi connectivity index (χ1v) is 8.36. The Hall–Kier alpha value is -2.56. The number of rotatable bonds is 3. The molecular formula is C20H17ClN2O2. The number of imidazole rings is 1. The third kappa shape index (κ3) is 3.06. The monoisotopic (exact) mass is 352 g/mol. The van der Waals surface area contributed by atoms with Crippen molar-refractivity contribution < 1.29 is 9.52 Å². The van der Waals surface area contributed by atoms with Crippen molar-refractivity contribution in [3.8, 4) is 22.6 Å². The molecule has 4 nitrogen and oxygen atoms in total. The third-order valence-corrected chi connectivity index (χ3v) is 4.34. The van der Waals surface area contributed by atoms with Crippen molar-refractivity contribution in [2.24, 2.45) is 0 Å².